The number of rotatable bonds is 4. The van der Waals surface area contributed by atoms with Gasteiger partial charge in [0.2, 0.25) is 0 Å². The van der Waals surface area contributed by atoms with Crippen LogP contribution in [-0.2, 0) is 12.1 Å². The molecule has 2 N–H and O–H groups in total. The molecule has 0 bridgehead atoms. The predicted octanol–water partition coefficient (Wildman–Crippen LogP) is 1.50. The van der Waals surface area contributed by atoms with E-state index in [2.05, 4.69) is 21.6 Å². The van der Waals surface area contributed by atoms with Crippen molar-refractivity contribution in [1.82, 2.24) is 14.7 Å². The molecule has 0 aromatic carbocycles. The first-order valence-electron chi connectivity index (χ1n) is 5.91. The number of hydrogen-bond donors (Lipinski definition) is 1. The topological polar surface area (TPSA) is 69.9 Å². The zero-order chi connectivity index (χ0) is 11.9. The predicted molar refractivity (Wildman–Crippen MR) is 62.1 cm³/mol. The summed E-state index contributed by atoms with van der Waals surface area (Å²) >= 11 is 0. The van der Waals surface area contributed by atoms with Gasteiger partial charge in [-0.15, -0.1) is 0 Å². The third-order valence-electron chi connectivity index (χ3n) is 3.60. The van der Waals surface area contributed by atoms with E-state index in [1.165, 1.54) is 12.8 Å². The average Bonchev–Trinajstić information content (AvgIpc) is 2.88. The van der Waals surface area contributed by atoms with Crippen molar-refractivity contribution in [2.75, 3.05) is 0 Å². The molecule has 0 unspecified atom stereocenters. The van der Waals surface area contributed by atoms with Crippen molar-refractivity contribution in [3.05, 3.63) is 36.2 Å². The van der Waals surface area contributed by atoms with Crippen LogP contribution in [0.4, 0.5) is 0 Å². The molecule has 2 aromatic rings. The van der Waals surface area contributed by atoms with Crippen LogP contribution in [0.1, 0.15) is 31.5 Å². The number of aromatic nitrogens is 3. The van der Waals surface area contributed by atoms with Crippen LogP contribution in [0.5, 0.6) is 0 Å². The van der Waals surface area contributed by atoms with Crippen LogP contribution in [0.15, 0.2) is 29.0 Å². The number of nitrogens with two attached hydrogens (primary N) is 1. The van der Waals surface area contributed by atoms with Gasteiger partial charge in [-0.2, -0.15) is 4.98 Å². The van der Waals surface area contributed by atoms with Gasteiger partial charge in [-0.1, -0.05) is 5.16 Å². The Kier molecular flexibility index (Phi) is 2.29. The second-order valence-electron chi connectivity index (χ2n) is 4.73. The lowest BCUT2D eigenvalue weighted by Crippen LogP contribution is -2.33. The van der Waals surface area contributed by atoms with E-state index >= 15 is 0 Å². The van der Waals surface area contributed by atoms with Gasteiger partial charge in [-0.3, -0.25) is 0 Å². The molecule has 0 aliphatic heterocycles. The Morgan fingerprint density at radius 2 is 2.18 bits per heavy atom. The van der Waals surface area contributed by atoms with Crippen LogP contribution in [0.25, 0.3) is 0 Å². The first kappa shape index (κ1) is 10.5. The smallest absolute Gasteiger partial charge is 0.252 e. The Morgan fingerprint density at radius 1 is 1.47 bits per heavy atom. The quantitative estimate of drug-likeness (QED) is 0.867. The van der Waals surface area contributed by atoms with Gasteiger partial charge in [0, 0.05) is 12.4 Å². The molecule has 17 heavy (non-hydrogen) atoms. The van der Waals surface area contributed by atoms with Crippen molar-refractivity contribution in [3.63, 3.8) is 0 Å². The SMILES string of the molecule is C[C@](c1nc(CN)no1)(C1CC1)n1cccc1. The molecule has 1 aliphatic carbocycles. The Labute approximate surface area is 99.6 Å². The van der Waals surface area contributed by atoms with E-state index in [9.17, 15) is 0 Å². The first-order valence-corrected chi connectivity index (χ1v) is 5.91. The van der Waals surface area contributed by atoms with Crippen molar-refractivity contribution in [1.29, 1.82) is 0 Å². The van der Waals surface area contributed by atoms with Gasteiger partial charge >= 0.3 is 0 Å². The summed E-state index contributed by atoms with van der Waals surface area (Å²) < 4.78 is 7.54. The molecule has 90 valence electrons. The third-order valence-corrected chi connectivity index (χ3v) is 3.60. The molecular formula is C12H16N4O. The van der Waals surface area contributed by atoms with Crippen molar-refractivity contribution in [2.45, 2.75) is 31.8 Å². The Morgan fingerprint density at radius 3 is 2.71 bits per heavy atom. The minimum Gasteiger partial charge on any atom is -0.339 e. The second-order valence-corrected chi connectivity index (χ2v) is 4.73. The highest BCUT2D eigenvalue weighted by Crippen LogP contribution is 2.47. The molecule has 2 heterocycles. The van der Waals surface area contributed by atoms with Gasteiger partial charge < -0.3 is 14.8 Å². The standard InChI is InChI=1S/C12H16N4O/c1-12(9-4-5-9,16-6-2-3-7-16)11-14-10(8-13)15-17-11/h2-3,6-7,9H,4-5,8,13H2,1H3/t12-/m1/s1. The van der Waals surface area contributed by atoms with Gasteiger partial charge in [0.1, 0.15) is 5.54 Å². The summed E-state index contributed by atoms with van der Waals surface area (Å²) in [6.45, 7) is 2.47. The van der Waals surface area contributed by atoms with Crippen LogP contribution >= 0.6 is 0 Å². The molecule has 2 aromatic heterocycles. The van der Waals surface area contributed by atoms with Crippen LogP contribution in [-0.4, -0.2) is 14.7 Å². The van der Waals surface area contributed by atoms with E-state index in [4.69, 9.17) is 10.3 Å². The zero-order valence-electron chi connectivity index (χ0n) is 9.84. The second kappa shape index (κ2) is 3.70. The summed E-state index contributed by atoms with van der Waals surface area (Å²) in [6.07, 6.45) is 6.50. The molecule has 0 saturated heterocycles. The normalized spacial score (nSPS) is 19.2. The van der Waals surface area contributed by atoms with Crippen LogP contribution in [0.2, 0.25) is 0 Å². The molecule has 1 fully saturated rings. The lowest BCUT2D eigenvalue weighted by molar-refractivity contribution is 0.231. The molecular weight excluding hydrogens is 216 g/mol. The van der Waals surface area contributed by atoms with Gasteiger partial charge in [-0.25, -0.2) is 0 Å². The highest BCUT2D eigenvalue weighted by Gasteiger charge is 2.48. The molecule has 0 amide bonds. The number of nitrogens with zero attached hydrogens (tertiary/aromatic N) is 3. The van der Waals surface area contributed by atoms with Crippen LogP contribution in [0.3, 0.4) is 0 Å². The molecule has 3 rings (SSSR count). The summed E-state index contributed by atoms with van der Waals surface area (Å²) in [5.74, 6) is 1.80. The monoisotopic (exact) mass is 232 g/mol. The molecule has 1 saturated carbocycles. The van der Waals surface area contributed by atoms with Crippen LogP contribution in [0, 0.1) is 5.92 Å². The Hall–Kier alpha value is -1.62. The molecule has 0 spiro atoms. The van der Waals surface area contributed by atoms with Crippen molar-refractivity contribution >= 4 is 0 Å². The minimum atomic E-state index is -0.232. The first-order chi connectivity index (χ1) is 8.25. The fraction of sp³-hybridized carbons (Fsp3) is 0.500. The van der Waals surface area contributed by atoms with Gasteiger partial charge in [-0.05, 0) is 37.8 Å². The maximum Gasteiger partial charge on any atom is 0.252 e. The summed E-state index contributed by atoms with van der Waals surface area (Å²) in [6, 6.07) is 4.03. The molecule has 1 aliphatic rings. The maximum absolute atomic E-state index is 5.53. The van der Waals surface area contributed by atoms with Crippen LogP contribution < -0.4 is 5.73 Å². The van der Waals surface area contributed by atoms with E-state index in [1.54, 1.807) is 0 Å². The summed E-state index contributed by atoms with van der Waals surface area (Å²) in [5.41, 5.74) is 5.29. The number of hydrogen-bond acceptors (Lipinski definition) is 4. The molecule has 0 radical (unpaired) electrons. The fourth-order valence-corrected chi connectivity index (χ4v) is 2.33. The Bertz CT molecular complexity index is 500. The van der Waals surface area contributed by atoms with E-state index in [-0.39, 0.29) is 5.54 Å². The lowest BCUT2D eigenvalue weighted by atomic mass is 9.95. The fourth-order valence-electron chi connectivity index (χ4n) is 2.33. The highest BCUT2D eigenvalue weighted by molar-refractivity contribution is 5.14. The molecule has 5 nitrogen and oxygen atoms in total. The lowest BCUT2D eigenvalue weighted by Gasteiger charge is -2.27. The van der Waals surface area contributed by atoms with Gasteiger partial charge in [0.05, 0.1) is 6.54 Å². The summed E-state index contributed by atoms with van der Waals surface area (Å²) in [7, 11) is 0. The van der Waals surface area contributed by atoms with E-state index in [0.717, 1.165) is 0 Å². The average molecular weight is 232 g/mol. The third kappa shape index (κ3) is 1.58. The zero-order valence-corrected chi connectivity index (χ0v) is 9.84. The van der Waals surface area contributed by atoms with E-state index in [0.29, 0.717) is 24.2 Å². The summed E-state index contributed by atoms with van der Waals surface area (Å²) in [5, 5.41) is 3.90. The maximum atomic E-state index is 5.53. The Balaban J connectivity index is 2.05. The molecule has 5 heteroatoms. The van der Waals surface area contributed by atoms with Gasteiger partial charge in [0.15, 0.2) is 5.82 Å². The van der Waals surface area contributed by atoms with Crippen molar-refractivity contribution < 1.29 is 4.52 Å². The van der Waals surface area contributed by atoms with Crippen molar-refractivity contribution in [3.8, 4) is 0 Å². The molecule has 1 atom stereocenters. The summed E-state index contributed by atoms with van der Waals surface area (Å²) in [4.78, 5) is 4.39. The van der Waals surface area contributed by atoms with E-state index in [1.807, 2.05) is 24.5 Å². The van der Waals surface area contributed by atoms with E-state index < -0.39 is 0 Å². The largest absolute Gasteiger partial charge is 0.339 e. The minimum absolute atomic E-state index is 0.232. The highest BCUT2D eigenvalue weighted by atomic mass is 16.5. The van der Waals surface area contributed by atoms with Gasteiger partial charge in [0.25, 0.3) is 5.89 Å². The van der Waals surface area contributed by atoms with Crippen molar-refractivity contribution in [2.24, 2.45) is 11.7 Å².